The van der Waals surface area contributed by atoms with Gasteiger partial charge in [0.15, 0.2) is 20.4 Å². The highest BCUT2D eigenvalue weighted by atomic mass is 28.4. The van der Waals surface area contributed by atoms with Crippen molar-refractivity contribution in [3.8, 4) is 0 Å². The van der Waals surface area contributed by atoms with E-state index in [1.165, 1.54) is 0 Å². The van der Waals surface area contributed by atoms with Crippen LogP contribution in [0.25, 0.3) is 0 Å². The summed E-state index contributed by atoms with van der Waals surface area (Å²) in [5.41, 5.74) is 1.98. The van der Waals surface area contributed by atoms with E-state index in [1.807, 2.05) is 60.7 Å². The minimum atomic E-state index is -2.18. The zero-order chi connectivity index (χ0) is 26.8. The molecule has 2 fully saturated rings. The molecule has 37 heavy (non-hydrogen) atoms. The second-order valence-electron chi connectivity index (χ2n) is 11.8. The van der Waals surface area contributed by atoms with Crippen LogP contribution in [0.2, 0.25) is 18.1 Å². The fraction of sp³-hybridized carbons (Fsp3) is 0.567. The minimum Gasteiger partial charge on any atom is -0.411 e. The van der Waals surface area contributed by atoms with Crippen molar-refractivity contribution in [1.82, 2.24) is 0 Å². The molecule has 0 aromatic heterocycles. The molecule has 2 heterocycles. The Labute approximate surface area is 222 Å². The molecule has 2 saturated heterocycles. The van der Waals surface area contributed by atoms with Crippen LogP contribution in [0.1, 0.15) is 52.0 Å². The molecule has 202 valence electrons. The maximum atomic E-state index is 12.9. The molecule has 0 amide bonds. The molecular formula is C30H42O6Si. The van der Waals surface area contributed by atoms with Gasteiger partial charge in [-0.2, -0.15) is 0 Å². The third-order valence-corrected chi connectivity index (χ3v) is 12.5. The van der Waals surface area contributed by atoms with Gasteiger partial charge in [0.1, 0.15) is 18.3 Å². The molecule has 2 aromatic rings. The number of rotatable bonds is 8. The van der Waals surface area contributed by atoms with Crippen LogP contribution in [0, 0.1) is 5.92 Å². The van der Waals surface area contributed by atoms with Crippen molar-refractivity contribution in [2.24, 2.45) is 5.92 Å². The van der Waals surface area contributed by atoms with Crippen LogP contribution in [0.3, 0.4) is 0 Å². The number of Topliss-reactive ketones (excluding diaryl/α,β-unsaturated/α-hetero) is 1. The molecule has 7 atom stereocenters. The molecule has 0 N–H and O–H groups in total. The Balaban J connectivity index is 1.61. The molecule has 4 rings (SSSR count). The van der Waals surface area contributed by atoms with Crippen LogP contribution in [0.15, 0.2) is 60.7 Å². The molecular weight excluding hydrogens is 484 g/mol. The molecule has 2 aromatic carbocycles. The lowest BCUT2D eigenvalue weighted by Crippen LogP contribution is -2.64. The average molecular weight is 527 g/mol. The fourth-order valence-electron chi connectivity index (χ4n) is 4.79. The Hall–Kier alpha value is -1.87. The summed E-state index contributed by atoms with van der Waals surface area (Å²) in [6.45, 7) is 15.6. The first-order valence-corrected chi connectivity index (χ1v) is 16.2. The number of hydrogen-bond acceptors (Lipinski definition) is 6. The van der Waals surface area contributed by atoms with E-state index in [0.29, 0.717) is 13.2 Å². The van der Waals surface area contributed by atoms with Crippen LogP contribution in [0.4, 0.5) is 0 Å². The smallest absolute Gasteiger partial charge is 0.192 e. The number of carbonyl (C=O) groups is 1. The lowest BCUT2D eigenvalue weighted by Gasteiger charge is -2.53. The number of carbonyl (C=O) groups excluding carboxylic acids is 1. The Morgan fingerprint density at radius 2 is 1.65 bits per heavy atom. The molecule has 0 aliphatic carbocycles. The SMILES string of the molecule is CC(=O)[C@@H](OCc1ccccc1)[C@@H]1O[C@@H]2CO[C@@H](c3ccccc3)O[C@H]2[C@H](O[Si](C)(C)C(C)(C)C)[C@H]1C. The highest BCUT2D eigenvalue weighted by Gasteiger charge is 2.54. The lowest BCUT2D eigenvalue weighted by atomic mass is 9.84. The van der Waals surface area contributed by atoms with Crippen molar-refractivity contribution < 1.29 is 28.2 Å². The Kier molecular flexibility index (Phi) is 8.73. The number of ether oxygens (including phenoxy) is 4. The van der Waals surface area contributed by atoms with Crippen LogP contribution in [-0.4, -0.2) is 51.2 Å². The van der Waals surface area contributed by atoms with Gasteiger partial charge in [-0.25, -0.2) is 0 Å². The number of ketones is 1. The van der Waals surface area contributed by atoms with Crippen molar-refractivity contribution in [3.05, 3.63) is 71.8 Å². The van der Waals surface area contributed by atoms with Crippen molar-refractivity contribution in [2.45, 2.75) is 96.2 Å². The predicted octanol–water partition coefficient (Wildman–Crippen LogP) is 6.07. The predicted molar refractivity (Wildman–Crippen MR) is 146 cm³/mol. The zero-order valence-corrected chi connectivity index (χ0v) is 24.2. The van der Waals surface area contributed by atoms with E-state index >= 15 is 0 Å². The van der Waals surface area contributed by atoms with Gasteiger partial charge < -0.3 is 23.4 Å². The van der Waals surface area contributed by atoms with Gasteiger partial charge in [0.2, 0.25) is 0 Å². The van der Waals surface area contributed by atoms with Gasteiger partial charge in [0.25, 0.3) is 0 Å². The van der Waals surface area contributed by atoms with E-state index in [-0.39, 0.29) is 35.1 Å². The van der Waals surface area contributed by atoms with E-state index < -0.39 is 26.8 Å². The monoisotopic (exact) mass is 526 g/mol. The molecule has 0 unspecified atom stereocenters. The summed E-state index contributed by atoms with van der Waals surface area (Å²) in [7, 11) is -2.18. The normalized spacial score (nSPS) is 29.4. The highest BCUT2D eigenvalue weighted by Crippen LogP contribution is 2.44. The third-order valence-electron chi connectivity index (χ3n) is 8.03. The average Bonchev–Trinajstić information content (AvgIpc) is 2.86. The fourth-order valence-corrected chi connectivity index (χ4v) is 6.17. The molecule has 0 spiro atoms. The van der Waals surface area contributed by atoms with Crippen molar-refractivity contribution >= 4 is 14.1 Å². The molecule has 0 bridgehead atoms. The van der Waals surface area contributed by atoms with Crippen molar-refractivity contribution in [3.63, 3.8) is 0 Å². The van der Waals surface area contributed by atoms with E-state index in [1.54, 1.807) is 6.92 Å². The summed E-state index contributed by atoms with van der Waals surface area (Å²) >= 11 is 0. The molecule has 6 nitrogen and oxygen atoms in total. The first kappa shape index (κ1) is 28.1. The molecule has 0 radical (unpaired) electrons. The summed E-state index contributed by atoms with van der Waals surface area (Å²) in [5.74, 6) is -0.188. The summed E-state index contributed by atoms with van der Waals surface area (Å²) in [6, 6.07) is 19.8. The lowest BCUT2D eigenvalue weighted by molar-refractivity contribution is -0.325. The van der Waals surface area contributed by atoms with Gasteiger partial charge >= 0.3 is 0 Å². The molecule has 2 aliphatic rings. The van der Waals surface area contributed by atoms with Crippen LogP contribution < -0.4 is 0 Å². The maximum Gasteiger partial charge on any atom is 0.192 e. The first-order chi connectivity index (χ1) is 17.5. The second kappa shape index (κ2) is 11.5. The van der Waals surface area contributed by atoms with Crippen LogP contribution in [0.5, 0.6) is 0 Å². The number of benzene rings is 2. The molecule has 2 aliphatic heterocycles. The van der Waals surface area contributed by atoms with Crippen molar-refractivity contribution in [1.29, 1.82) is 0 Å². The van der Waals surface area contributed by atoms with Gasteiger partial charge in [0.05, 0.1) is 25.4 Å². The largest absolute Gasteiger partial charge is 0.411 e. The van der Waals surface area contributed by atoms with E-state index in [9.17, 15) is 4.79 Å². The Morgan fingerprint density at radius 3 is 2.24 bits per heavy atom. The maximum absolute atomic E-state index is 12.9. The van der Waals surface area contributed by atoms with Gasteiger partial charge in [-0.3, -0.25) is 4.79 Å². The first-order valence-electron chi connectivity index (χ1n) is 13.3. The second-order valence-corrected chi connectivity index (χ2v) is 16.6. The summed E-state index contributed by atoms with van der Waals surface area (Å²) < 4.78 is 32.5. The summed E-state index contributed by atoms with van der Waals surface area (Å²) in [6.07, 6.45) is -2.62. The van der Waals surface area contributed by atoms with E-state index in [4.69, 9.17) is 23.4 Å². The Morgan fingerprint density at radius 1 is 1.03 bits per heavy atom. The summed E-state index contributed by atoms with van der Waals surface area (Å²) in [5, 5.41) is 0.0177. The van der Waals surface area contributed by atoms with Crippen molar-refractivity contribution in [2.75, 3.05) is 6.61 Å². The number of hydrogen-bond donors (Lipinski definition) is 0. The van der Waals surface area contributed by atoms with E-state index in [2.05, 4.69) is 40.8 Å². The third kappa shape index (κ3) is 6.41. The van der Waals surface area contributed by atoms with Gasteiger partial charge in [-0.1, -0.05) is 88.4 Å². The van der Waals surface area contributed by atoms with Crippen LogP contribution >= 0.6 is 0 Å². The van der Waals surface area contributed by atoms with E-state index in [0.717, 1.165) is 11.1 Å². The number of fused-ring (bicyclic) bond motifs is 1. The van der Waals surface area contributed by atoms with Gasteiger partial charge in [-0.15, -0.1) is 0 Å². The quantitative estimate of drug-likeness (QED) is 0.389. The summed E-state index contributed by atoms with van der Waals surface area (Å²) in [4.78, 5) is 12.9. The highest BCUT2D eigenvalue weighted by molar-refractivity contribution is 6.74. The van der Waals surface area contributed by atoms with Gasteiger partial charge in [0, 0.05) is 11.5 Å². The van der Waals surface area contributed by atoms with Crippen LogP contribution in [-0.2, 0) is 34.8 Å². The standard InChI is InChI=1S/C30H42O6Si/c1-20-25(27(21(2)31)32-18-22-14-10-8-11-15-22)34-24-19-33-29(23-16-12-9-13-17-23)35-28(24)26(20)36-37(6,7)30(3,4)5/h8-17,20,24-29H,18-19H2,1-7H3/t20-,24+,25+,26+,27+,28+,29+/m0/s1. The topological polar surface area (TPSA) is 63.2 Å². The van der Waals surface area contributed by atoms with Gasteiger partial charge in [-0.05, 0) is 30.6 Å². The Bertz CT molecular complexity index is 1020. The minimum absolute atomic E-state index is 0.0177. The molecule has 0 saturated carbocycles. The molecule has 7 heteroatoms. The zero-order valence-electron chi connectivity index (χ0n) is 23.2.